The van der Waals surface area contributed by atoms with Crippen molar-refractivity contribution in [1.29, 1.82) is 0 Å². The summed E-state index contributed by atoms with van der Waals surface area (Å²) in [6.45, 7) is 0.270. The first-order valence-electron chi connectivity index (χ1n) is 11.6. The number of carbonyl (C=O) groups is 7. The van der Waals surface area contributed by atoms with Crippen molar-refractivity contribution in [3.8, 4) is 5.75 Å². The molecule has 0 saturated heterocycles. The van der Waals surface area contributed by atoms with E-state index in [9.17, 15) is 48.9 Å². The van der Waals surface area contributed by atoms with E-state index in [-0.39, 0.29) is 25.0 Å². The standard InChI is InChI=1S/C23H32N6O10/c1-11(31)26-17(10-30)22(37)27-14(6-7-18(24)33)20(35)28-15(9-19(25)34)21(36)29-16(23(38)39)8-12-2-4-13(32)5-3-12/h2-5,14-17,30,32H,6-10H2,1H3,(H2,24,33)(H2,25,34)(H,26,31)(H,27,37)(H,28,35)(H,29,36)(H,38,39)/t14-,15-,16-,17-/m0/s1. The maximum absolute atomic E-state index is 13.0. The molecule has 16 heteroatoms. The van der Waals surface area contributed by atoms with E-state index < -0.39 is 78.6 Å². The van der Waals surface area contributed by atoms with Crippen molar-refractivity contribution in [2.45, 2.75) is 56.8 Å². The van der Waals surface area contributed by atoms with Gasteiger partial charge in [0, 0.05) is 19.8 Å². The van der Waals surface area contributed by atoms with E-state index in [2.05, 4.69) is 21.3 Å². The molecule has 39 heavy (non-hydrogen) atoms. The number of primary amides is 2. The molecule has 0 fully saturated rings. The van der Waals surface area contributed by atoms with Crippen LogP contribution in [-0.4, -0.2) is 87.5 Å². The highest BCUT2D eigenvalue weighted by molar-refractivity contribution is 5.96. The minimum atomic E-state index is -1.67. The number of phenolic OH excluding ortho intramolecular Hbond substituents is 1. The summed E-state index contributed by atoms with van der Waals surface area (Å²) in [6, 6.07) is -0.605. The Morgan fingerprint density at radius 1 is 0.769 bits per heavy atom. The zero-order chi connectivity index (χ0) is 29.7. The van der Waals surface area contributed by atoms with Crippen molar-refractivity contribution >= 4 is 41.4 Å². The average Bonchev–Trinajstić information content (AvgIpc) is 2.84. The van der Waals surface area contributed by atoms with Gasteiger partial charge in [0.25, 0.3) is 0 Å². The monoisotopic (exact) mass is 552 g/mol. The molecule has 1 aromatic carbocycles. The number of carboxylic acid groups (broad SMARTS) is 1. The SMILES string of the molecule is CC(=O)N[C@@H](CO)C(=O)N[C@@H](CCC(N)=O)C(=O)N[C@@H](CC(N)=O)C(=O)N[C@@H](Cc1ccc(O)cc1)C(=O)O. The molecule has 0 bridgehead atoms. The second-order valence-electron chi connectivity index (χ2n) is 8.50. The fourth-order valence-corrected chi connectivity index (χ4v) is 3.29. The van der Waals surface area contributed by atoms with Gasteiger partial charge in [-0.1, -0.05) is 12.1 Å². The van der Waals surface area contributed by atoms with Crippen molar-refractivity contribution in [1.82, 2.24) is 21.3 Å². The largest absolute Gasteiger partial charge is 0.508 e. The number of benzene rings is 1. The molecule has 1 rings (SSSR count). The molecule has 0 heterocycles. The van der Waals surface area contributed by atoms with Crippen molar-refractivity contribution in [3.63, 3.8) is 0 Å². The lowest BCUT2D eigenvalue weighted by Crippen LogP contribution is -2.58. The summed E-state index contributed by atoms with van der Waals surface area (Å²) in [5.41, 5.74) is 10.8. The first-order chi connectivity index (χ1) is 18.2. The number of aromatic hydroxyl groups is 1. The number of aliphatic hydroxyl groups is 1. The molecule has 0 radical (unpaired) electrons. The summed E-state index contributed by atoms with van der Waals surface area (Å²) >= 11 is 0. The Hall–Kier alpha value is -4.73. The van der Waals surface area contributed by atoms with Crippen LogP contribution in [0.4, 0.5) is 0 Å². The predicted molar refractivity (Wildman–Crippen MR) is 132 cm³/mol. The molecule has 0 aliphatic carbocycles. The van der Waals surface area contributed by atoms with Crippen LogP contribution in [0, 0.1) is 0 Å². The van der Waals surface area contributed by atoms with Crippen LogP contribution in [-0.2, 0) is 40.0 Å². The number of nitrogens with one attached hydrogen (secondary N) is 4. The van der Waals surface area contributed by atoms with E-state index in [4.69, 9.17) is 11.5 Å². The molecule has 16 nitrogen and oxygen atoms in total. The number of aliphatic hydroxyl groups excluding tert-OH is 1. The molecule has 0 aliphatic heterocycles. The third-order valence-electron chi connectivity index (χ3n) is 5.22. The van der Waals surface area contributed by atoms with Gasteiger partial charge in [-0.05, 0) is 24.1 Å². The highest BCUT2D eigenvalue weighted by Crippen LogP contribution is 2.12. The molecule has 0 spiro atoms. The molecular weight excluding hydrogens is 520 g/mol. The number of carbonyl (C=O) groups excluding carboxylic acids is 6. The molecule has 214 valence electrons. The van der Waals surface area contributed by atoms with Crippen molar-refractivity contribution in [3.05, 3.63) is 29.8 Å². The quantitative estimate of drug-likeness (QED) is 0.0961. The van der Waals surface area contributed by atoms with Crippen LogP contribution in [0.3, 0.4) is 0 Å². The first kappa shape index (κ1) is 32.3. The third-order valence-corrected chi connectivity index (χ3v) is 5.22. The molecule has 0 unspecified atom stereocenters. The van der Waals surface area contributed by atoms with Gasteiger partial charge in [0.05, 0.1) is 13.0 Å². The van der Waals surface area contributed by atoms with E-state index in [1.807, 2.05) is 0 Å². The lowest BCUT2D eigenvalue weighted by molar-refractivity contribution is -0.142. The Balaban J connectivity index is 3.09. The second kappa shape index (κ2) is 15.5. The second-order valence-corrected chi connectivity index (χ2v) is 8.50. The maximum Gasteiger partial charge on any atom is 0.326 e. The normalized spacial score (nSPS) is 13.6. The summed E-state index contributed by atoms with van der Waals surface area (Å²) in [5.74, 6) is -7.12. The van der Waals surface area contributed by atoms with E-state index >= 15 is 0 Å². The Morgan fingerprint density at radius 3 is 1.77 bits per heavy atom. The van der Waals surface area contributed by atoms with Crippen LogP contribution in [0.25, 0.3) is 0 Å². The van der Waals surface area contributed by atoms with Crippen LogP contribution < -0.4 is 32.7 Å². The van der Waals surface area contributed by atoms with Gasteiger partial charge in [-0.25, -0.2) is 4.79 Å². The van der Waals surface area contributed by atoms with Crippen molar-refractivity contribution in [2.75, 3.05) is 6.61 Å². The number of rotatable bonds is 16. The number of hydrogen-bond acceptors (Lipinski definition) is 9. The van der Waals surface area contributed by atoms with Crippen LogP contribution in [0.1, 0.15) is 31.7 Å². The Kier molecular flexibility index (Phi) is 12.8. The van der Waals surface area contributed by atoms with Gasteiger partial charge in [0.1, 0.15) is 29.9 Å². The Morgan fingerprint density at radius 2 is 1.28 bits per heavy atom. The average molecular weight is 553 g/mol. The van der Waals surface area contributed by atoms with Crippen LogP contribution in [0.2, 0.25) is 0 Å². The lowest BCUT2D eigenvalue weighted by atomic mass is 10.0. The van der Waals surface area contributed by atoms with Crippen molar-refractivity contribution in [2.24, 2.45) is 11.5 Å². The minimum Gasteiger partial charge on any atom is -0.508 e. The molecule has 1 aromatic rings. The molecule has 0 aliphatic rings. The van der Waals surface area contributed by atoms with Gasteiger partial charge >= 0.3 is 5.97 Å². The number of hydrogen-bond donors (Lipinski definition) is 9. The summed E-state index contributed by atoms with van der Waals surface area (Å²) in [5, 5.41) is 37.1. The third kappa shape index (κ3) is 11.9. The number of nitrogens with two attached hydrogens (primary N) is 2. The highest BCUT2D eigenvalue weighted by atomic mass is 16.4. The molecule has 0 saturated carbocycles. The minimum absolute atomic E-state index is 0.0562. The molecule has 11 N–H and O–H groups in total. The smallest absolute Gasteiger partial charge is 0.326 e. The van der Waals surface area contributed by atoms with Gasteiger partial charge in [-0.15, -0.1) is 0 Å². The lowest BCUT2D eigenvalue weighted by Gasteiger charge is -2.25. The van der Waals surface area contributed by atoms with Gasteiger partial charge in [-0.2, -0.15) is 0 Å². The number of phenols is 1. The first-order valence-corrected chi connectivity index (χ1v) is 11.6. The fraction of sp³-hybridized carbons (Fsp3) is 0.435. The summed E-state index contributed by atoms with van der Waals surface area (Å²) in [4.78, 5) is 84.2. The van der Waals surface area contributed by atoms with Gasteiger partial charge in [-0.3, -0.25) is 28.8 Å². The van der Waals surface area contributed by atoms with E-state index in [1.165, 1.54) is 24.3 Å². The van der Waals surface area contributed by atoms with Gasteiger partial charge in [0.2, 0.25) is 35.4 Å². The van der Waals surface area contributed by atoms with Crippen LogP contribution >= 0.6 is 0 Å². The van der Waals surface area contributed by atoms with E-state index in [1.54, 1.807) is 0 Å². The zero-order valence-corrected chi connectivity index (χ0v) is 21.0. The van der Waals surface area contributed by atoms with Gasteiger partial charge in [0.15, 0.2) is 0 Å². The summed E-state index contributed by atoms with van der Waals surface area (Å²) in [7, 11) is 0. The highest BCUT2D eigenvalue weighted by Gasteiger charge is 2.32. The Bertz CT molecular complexity index is 1080. The van der Waals surface area contributed by atoms with Crippen molar-refractivity contribution < 1.29 is 48.9 Å². The molecule has 0 aromatic heterocycles. The van der Waals surface area contributed by atoms with Gasteiger partial charge < -0.3 is 48.1 Å². The number of carboxylic acids is 1. The van der Waals surface area contributed by atoms with Crippen LogP contribution in [0.5, 0.6) is 5.75 Å². The number of aliphatic carboxylic acids is 1. The topological polar surface area (TPSA) is 280 Å². The van der Waals surface area contributed by atoms with E-state index in [0.29, 0.717) is 5.56 Å². The fourth-order valence-electron chi connectivity index (χ4n) is 3.29. The molecule has 6 amide bonds. The Labute approximate surface area is 222 Å². The molecular formula is C23H32N6O10. The molecule has 4 atom stereocenters. The van der Waals surface area contributed by atoms with Crippen LogP contribution in [0.15, 0.2) is 24.3 Å². The van der Waals surface area contributed by atoms with E-state index in [0.717, 1.165) is 6.92 Å². The zero-order valence-electron chi connectivity index (χ0n) is 21.0. The number of amides is 6. The predicted octanol–water partition coefficient (Wildman–Crippen LogP) is -3.89. The summed E-state index contributed by atoms with van der Waals surface area (Å²) < 4.78 is 0. The maximum atomic E-state index is 13.0. The summed E-state index contributed by atoms with van der Waals surface area (Å²) in [6.07, 6.45) is -1.69.